The maximum absolute atomic E-state index is 11.7. The van der Waals surface area contributed by atoms with Crippen LogP contribution in [0.2, 0.25) is 0 Å². The summed E-state index contributed by atoms with van der Waals surface area (Å²) in [5.41, 5.74) is 0. The van der Waals surface area contributed by atoms with Crippen LogP contribution in [0.15, 0.2) is 0 Å². The molecule has 1 fully saturated rings. The smallest absolute Gasteiger partial charge is 0.232 e. The first-order chi connectivity index (χ1) is 11.5. The van der Waals surface area contributed by atoms with Gasteiger partial charge in [-0.05, 0) is 0 Å². The van der Waals surface area contributed by atoms with E-state index in [-0.39, 0.29) is 55.4 Å². The fourth-order valence-electron chi connectivity index (χ4n) is 2.16. The van der Waals surface area contributed by atoms with Crippen molar-refractivity contribution in [1.82, 2.24) is 10.2 Å². The first kappa shape index (κ1) is 20.2. The molecule has 0 aromatic rings. The van der Waals surface area contributed by atoms with Crippen molar-refractivity contribution in [1.29, 1.82) is 0 Å². The molecule has 0 aromatic heterocycles. The van der Waals surface area contributed by atoms with E-state index in [2.05, 4.69) is 5.32 Å². The van der Waals surface area contributed by atoms with Gasteiger partial charge in [-0.15, -0.1) is 0 Å². The van der Waals surface area contributed by atoms with Crippen LogP contribution in [-0.4, -0.2) is 67.9 Å². The number of ketones is 1. The SMILES string of the molecule is CCC(=O)COCCOCCNC(=O)CCN1C(=O)CC(C)C1=O. The molecule has 24 heavy (non-hydrogen) atoms. The van der Waals surface area contributed by atoms with Gasteiger partial charge in [0, 0.05) is 38.3 Å². The molecule has 1 unspecified atom stereocenters. The summed E-state index contributed by atoms with van der Waals surface area (Å²) in [6.45, 7) is 5.05. The van der Waals surface area contributed by atoms with Crippen molar-refractivity contribution in [3.05, 3.63) is 0 Å². The molecule has 1 heterocycles. The molecule has 0 saturated carbocycles. The van der Waals surface area contributed by atoms with Crippen LogP contribution >= 0.6 is 0 Å². The average Bonchev–Trinajstić information content (AvgIpc) is 2.80. The molecule has 1 N–H and O–H groups in total. The first-order valence-electron chi connectivity index (χ1n) is 8.23. The summed E-state index contributed by atoms with van der Waals surface area (Å²) in [5.74, 6) is -0.901. The van der Waals surface area contributed by atoms with E-state index < -0.39 is 0 Å². The normalized spacial score (nSPS) is 17.4. The number of Topliss-reactive ketones (excluding diaryl/α,β-unsaturated/α-hetero) is 1. The highest BCUT2D eigenvalue weighted by atomic mass is 16.5. The van der Waals surface area contributed by atoms with Gasteiger partial charge in [0.15, 0.2) is 5.78 Å². The highest BCUT2D eigenvalue weighted by Gasteiger charge is 2.35. The van der Waals surface area contributed by atoms with Gasteiger partial charge in [0.2, 0.25) is 17.7 Å². The Balaban J connectivity index is 2.00. The third-order valence-corrected chi connectivity index (χ3v) is 3.63. The van der Waals surface area contributed by atoms with E-state index in [0.29, 0.717) is 32.8 Å². The van der Waals surface area contributed by atoms with E-state index >= 15 is 0 Å². The molecule has 1 atom stereocenters. The predicted octanol–water partition coefficient (Wildman–Crippen LogP) is -0.1000. The Labute approximate surface area is 141 Å². The van der Waals surface area contributed by atoms with Crippen LogP contribution in [0.3, 0.4) is 0 Å². The lowest BCUT2D eigenvalue weighted by Crippen LogP contribution is -2.35. The van der Waals surface area contributed by atoms with Crippen LogP contribution in [0.4, 0.5) is 0 Å². The molecular formula is C16H26N2O6. The molecule has 8 nitrogen and oxygen atoms in total. The van der Waals surface area contributed by atoms with Gasteiger partial charge in [0.1, 0.15) is 6.61 Å². The van der Waals surface area contributed by atoms with Crippen molar-refractivity contribution < 1.29 is 28.7 Å². The maximum atomic E-state index is 11.7. The Bertz CT molecular complexity index is 465. The van der Waals surface area contributed by atoms with Gasteiger partial charge in [-0.25, -0.2) is 0 Å². The lowest BCUT2D eigenvalue weighted by Gasteiger charge is -2.14. The number of likely N-dealkylation sites (tertiary alicyclic amines) is 1. The molecule has 0 spiro atoms. The van der Waals surface area contributed by atoms with Crippen LogP contribution < -0.4 is 5.32 Å². The van der Waals surface area contributed by atoms with Crippen molar-refractivity contribution in [3.8, 4) is 0 Å². The van der Waals surface area contributed by atoms with Crippen LogP contribution in [0.5, 0.6) is 0 Å². The van der Waals surface area contributed by atoms with Gasteiger partial charge >= 0.3 is 0 Å². The Kier molecular flexibility index (Phi) is 9.18. The standard InChI is InChI=1S/C16H26N2O6/c1-3-13(19)11-24-9-8-23-7-5-17-14(20)4-6-18-15(21)10-12(2)16(18)22/h12H,3-11H2,1-2H3,(H,17,20). The Hall–Kier alpha value is -1.80. The molecule has 0 aromatic carbocycles. The quantitative estimate of drug-likeness (QED) is 0.392. The summed E-state index contributed by atoms with van der Waals surface area (Å²) >= 11 is 0. The number of nitrogens with one attached hydrogen (secondary N) is 1. The number of rotatable bonds is 12. The highest BCUT2D eigenvalue weighted by Crippen LogP contribution is 2.18. The molecule has 1 aliphatic rings. The summed E-state index contributed by atoms with van der Waals surface area (Å²) in [6.07, 6.45) is 0.771. The number of nitrogens with zero attached hydrogens (tertiary/aromatic N) is 1. The molecular weight excluding hydrogens is 316 g/mol. The molecule has 0 aliphatic carbocycles. The molecule has 3 amide bonds. The zero-order valence-corrected chi connectivity index (χ0v) is 14.3. The van der Waals surface area contributed by atoms with Crippen molar-refractivity contribution in [3.63, 3.8) is 0 Å². The number of imide groups is 1. The third kappa shape index (κ3) is 7.18. The molecule has 1 aliphatic heterocycles. The number of hydrogen-bond donors (Lipinski definition) is 1. The minimum atomic E-state index is -0.288. The number of carbonyl (C=O) groups excluding carboxylic acids is 4. The Morgan fingerprint density at radius 1 is 1.21 bits per heavy atom. The summed E-state index contributed by atoms with van der Waals surface area (Å²) in [5, 5.41) is 2.66. The summed E-state index contributed by atoms with van der Waals surface area (Å²) < 4.78 is 10.4. The van der Waals surface area contributed by atoms with Gasteiger partial charge in [0.05, 0.1) is 19.8 Å². The van der Waals surface area contributed by atoms with Crippen molar-refractivity contribution in [2.24, 2.45) is 5.92 Å². The largest absolute Gasteiger partial charge is 0.377 e. The van der Waals surface area contributed by atoms with E-state index in [1.165, 1.54) is 0 Å². The second kappa shape index (κ2) is 10.9. The van der Waals surface area contributed by atoms with Gasteiger partial charge in [-0.3, -0.25) is 24.1 Å². The topological polar surface area (TPSA) is 102 Å². The van der Waals surface area contributed by atoms with Gasteiger partial charge in [-0.2, -0.15) is 0 Å². The number of carbonyl (C=O) groups is 4. The van der Waals surface area contributed by atoms with E-state index in [0.717, 1.165) is 4.90 Å². The molecule has 0 radical (unpaired) electrons. The zero-order valence-electron chi connectivity index (χ0n) is 14.3. The van der Waals surface area contributed by atoms with Crippen molar-refractivity contribution in [2.75, 3.05) is 39.5 Å². The third-order valence-electron chi connectivity index (χ3n) is 3.63. The van der Waals surface area contributed by atoms with E-state index in [1.807, 2.05) is 0 Å². The molecule has 0 bridgehead atoms. The number of ether oxygens (including phenoxy) is 2. The monoisotopic (exact) mass is 342 g/mol. The lowest BCUT2D eigenvalue weighted by atomic mass is 10.1. The number of amides is 3. The second-order valence-electron chi connectivity index (χ2n) is 5.65. The fraction of sp³-hybridized carbons (Fsp3) is 0.750. The minimum Gasteiger partial charge on any atom is -0.377 e. The van der Waals surface area contributed by atoms with Crippen LogP contribution in [0, 0.1) is 5.92 Å². The average molecular weight is 342 g/mol. The summed E-state index contributed by atoms with van der Waals surface area (Å²) in [7, 11) is 0. The highest BCUT2D eigenvalue weighted by molar-refractivity contribution is 6.03. The molecule has 136 valence electrons. The zero-order chi connectivity index (χ0) is 17.9. The lowest BCUT2D eigenvalue weighted by molar-refractivity contribution is -0.139. The van der Waals surface area contributed by atoms with Gasteiger partial charge < -0.3 is 14.8 Å². The van der Waals surface area contributed by atoms with Crippen molar-refractivity contribution >= 4 is 23.5 Å². The van der Waals surface area contributed by atoms with Gasteiger partial charge in [0.25, 0.3) is 0 Å². The van der Waals surface area contributed by atoms with Crippen molar-refractivity contribution in [2.45, 2.75) is 33.1 Å². The van der Waals surface area contributed by atoms with Crippen LogP contribution in [0.1, 0.15) is 33.1 Å². The maximum Gasteiger partial charge on any atom is 0.232 e. The van der Waals surface area contributed by atoms with E-state index in [4.69, 9.17) is 9.47 Å². The molecule has 1 rings (SSSR count). The fourth-order valence-corrected chi connectivity index (χ4v) is 2.16. The summed E-state index contributed by atoms with van der Waals surface area (Å²) in [6, 6.07) is 0. The van der Waals surface area contributed by atoms with Crippen LogP contribution in [-0.2, 0) is 28.7 Å². The molecule has 1 saturated heterocycles. The Morgan fingerprint density at radius 2 is 1.92 bits per heavy atom. The van der Waals surface area contributed by atoms with E-state index in [1.54, 1.807) is 13.8 Å². The van der Waals surface area contributed by atoms with E-state index in [9.17, 15) is 19.2 Å². The molecule has 8 heteroatoms. The Morgan fingerprint density at radius 3 is 2.54 bits per heavy atom. The number of hydrogen-bond acceptors (Lipinski definition) is 6. The van der Waals surface area contributed by atoms with Crippen LogP contribution in [0.25, 0.3) is 0 Å². The first-order valence-corrected chi connectivity index (χ1v) is 8.23. The predicted molar refractivity (Wildman–Crippen MR) is 85.1 cm³/mol. The summed E-state index contributed by atoms with van der Waals surface area (Å²) in [4.78, 5) is 47.1. The minimum absolute atomic E-state index is 0.0478. The van der Waals surface area contributed by atoms with Gasteiger partial charge in [-0.1, -0.05) is 13.8 Å². The second-order valence-corrected chi connectivity index (χ2v) is 5.65.